The molecule has 1 aromatic heterocycles. The van der Waals surface area contributed by atoms with Crippen molar-refractivity contribution in [1.82, 2.24) is 0 Å². The fourth-order valence-corrected chi connectivity index (χ4v) is 3.68. The Balaban J connectivity index is 2.12. The van der Waals surface area contributed by atoms with Gasteiger partial charge in [0.1, 0.15) is 0 Å². The van der Waals surface area contributed by atoms with Crippen LogP contribution in [0.4, 0.5) is 5.69 Å². The molecule has 2 aromatic rings. The fraction of sp³-hybridized carbons (Fsp3) is 0.167. The molecular weight excluding hydrogens is 477 g/mol. The summed E-state index contributed by atoms with van der Waals surface area (Å²) in [7, 11) is 0. The maximum Gasteiger partial charge on any atom is 0.0578 e. The molecule has 0 saturated heterocycles. The van der Waals surface area contributed by atoms with E-state index in [4.69, 9.17) is 0 Å². The van der Waals surface area contributed by atoms with Crippen LogP contribution in [0.15, 0.2) is 38.6 Å². The molecule has 1 unspecified atom stereocenters. The summed E-state index contributed by atoms with van der Waals surface area (Å²) in [5.74, 6) is 0. The molecule has 1 aromatic carbocycles. The first kappa shape index (κ1) is 13.8. The lowest BCUT2D eigenvalue weighted by molar-refractivity contribution is 0.907. The minimum Gasteiger partial charge on any atom is -0.378 e. The molecule has 0 aliphatic carbocycles. The van der Waals surface area contributed by atoms with Crippen LogP contribution in [-0.2, 0) is 0 Å². The third-order valence-electron chi connectivity index (χ3n) is 2.32. The molecule has 0 radical (unpaired) electrons. The summed E-state index contributed by atoms with van der Waals surface area (Å²) in [4.78, 5) is 1.33. The van der Waals surface area contributed by atoms with E-state index in [1.165, 1.54) is 8.45 Å². The van der Waals surface area contributed by atoms with Gasteiger partial charge < -0.3 is 5.32 Å². The van der Waals surface area contributed by atoms with Gasteiger partial charge in [-0.15, -0.1) is 11.3 Å². The molecule has 5 heteroatoms. The van der Waals surface area contributed by atoms with Crippen molar-refractivity contribution >= 4 is 71.5 Å². The molecule has 1 nitrogen and oxygen atoms in total. The maximum absolute atomic E-state index is 3.50. The van der Waals surface area contributed by atoms with Crippen LogP contribution in [0.25, 0.3) is 0 Å². The summed E-state index contributed by atoms with van der Waals surface area (Å²) in [6, 6.07) is 8.78. The summed E-state index contributed by atoms with van der Waals surface area (Å²) in [6.45, 7) is 2.17. The van der Waals surface area contributed by atoms with Gasteiger partial charge in [0.25, 0.3) is 0 Å². The van der Waals surface area contributed by atoms with Crippen LogP contribution in [0.3, 0.4) is 0 Å². The number of nitrogens with one attached hydrogen (secondary N) is 1. The largest absolute Gasteiger partial charge is 0.378 e. The van der Waals surface area contributed by atoms with Crippen molar-refractivity contribution in [3.63, 3.8) is 0 Å². The third-order valence-corrected chi connectivity index (χ3v) is 6.52. The molecule has 17 heavy (non-hydrogen) atoms. The van der Waals surface area contributed by atoms with E-state index in [0.29, 0.717) is 6.04 Å². The van der Waals surface area contributed by atoms with E-state index in [0.717, 1.165) is 14.6 Å². The van der Waals surface area contributed by atoms with Crippen LogP contribution in [0.1, 0.15) is 17.8 Å². The van der Waals surface area contributed by atoms with Crippen molar-refractivity contribution in [2.24, 2.45) is 0 Å². The lowest BCUT2D eigenvalue weighted by Crippen LogP contribution is -2.04. The maximum atomic E-state index is 3.50. The first-order valence-electron chi connectivity index (χ1n) is 5.02. The molecule has 1 heterocycles. The molecule has 0 aliphatic heterocycles. The zero-order valence-corrected chi connectivity index (χ0v) is 15.2. The van der Waals surface area contributed by atoms with Gasteiger partial charge in [0, 0.05) is 28.5 Å². The van der Waals surface area contributed by atoms with E-state index in [-0.39, 0.29) is 0 Å². The van der Waals surface area contributed by atoms with Crippen LogP contribution in [-0.4, -0.2) is 0 Å². The summed E-state index contributed by atoms with van der Waals surface area (Å²) >= 11 is 11.1. The predicted molar refractivity (Wildman–Crippen MR) is 90.9 cm³/mol. The van der Waals surface area contributed by atoms with Crippen LogP contribution in [0.2, 0.25) is 0 Å². The molecule has 0 saturated carbocycles. The minimum absolute atomic E-state index is 0.322. The molecule has 1 atom stereocenters. The Morgan fingerprint density at radius 2 is 2.06 bits per heavy atom. The highest BCUT2D eigenvalue weighted by atomic mass is 127. The number of thiophene rings is 1. The second-order valence-corrected chi connectivity index (χ2v) is 7.54. The van der Waals surface area contributed by atoms with Gasteiger partial charge in [-0.3, -0.25) is 0 Å². The first-order chi connectivity index (χ1) is 8.06. The van der Waals surface area contributed by atoms with Crippen LogP contribution in [0, 0.1) is 3.57 Å². The van der Waals surface area contributed by atoms with Crippen molar-refractivity contribution < 1.29 is 0 Å². The van der Waals surface area contributed by atoms with E-state index >= 15 is 0 Å². The zero-order valence-electron chi connectivity index (χ0n) is 9.01. The van der Waals surface area contributed by atoms with Gasteiger partial charge in [0.15, 0.2) is 0 Å². The lowest BCUT2D eigenvalue weighted by Gasteiger charge is -2.14. The quantitative estimate of drug-likeness (QED) is 0.521. The Hall–Kier alpha value is 0.410. The normalized spacial score (nSPS) is 12.5. The number of hydrogen-bond donors (Lipinski definition) is 1. The number of rotatable bonds is 3. The molecule has 0 aliphatic rings. The van der Waals surface area contributed by atoms with Crippen LogP contribution < -0.4 is 5.32 Å². The number of benzene rings is 1. The van der Waals surface area contributed by atoms with E-state index in [1.807, 2.05) is 0 Å². The van der Waals surface area contributed by atoms with Gasteiger partial charge >= 0.3 is 0 Å². The van der Waals surface area contributed by atoms with Crippen LogP contribution >= 0.6 is 65.8 Å². The molecule has 90 valence electrons. The van der Waals surface area contributed by atoms with Gasteiger partial charge in [-0.1, -0.05) is 0 Å². The van der Waals surface area contributed by atoms with Crippen molar-refractivity contribution in [2.75, 3.05) is 5.32 Å². The Bertz CT molecular complexity index is 527. The standard InChI is InChI=1S/C12H10Br2INS/c1-7(12-4-8(13)6-17-12)16-9-2-3-10(14)11(15)5-9/h2-7,16H,1H3. The Morgan fingerprint density at radius 3 is 2.65 bits per heavy atom. The molecule has 0 fully saturated rings. The summed E-state index contributed by atoms with van der Waals surface area (Å²) in [5.41, 5.74) is 1.15. The average molecular weight is 487 g/mol. The predicted octanol–water partition coefficient (Wildman–Crippen LogP) is 6.05. The van der Waals surface area contributed by atoms with Crippen LogP contribution in [0.5, 0.6) is 0 Å². The number of halogens is 3. The molecular formula is C12H10Br2INS. The SMILES string of the molecule is CC(Nc1ccc(Br)c(I)c1)c1cc(Br)cs1. The Morgan fingerprint density at radius 1 is 1.29 bits per heavy atom. The highest BCUT2D eigenvalue weighted by molar-refractivity contribution is 14.1. The first-order valence-corrected chi connectivity index (χ1v) is 8.56. The highest BCUT2D eigenvalue weighted by Gasteiger charge is 2.08. The fourth-order valence-electron chi connectivity index (χ4n) is 1.46. The number of anilines is 1. The van der Waals surface area contributed by atoms with E-state index in [2.05, 4.69) is 96.3 Å². The van der Waals surface area contributed by atoms with Gasteiger partial charge in [-0.2, -0.15) is 0 Å². The second-order valence-electron chi connectivity index (χ2n) is 3.66. The van der Waals surface area contributed by atoms with E-state index in [1.54, 1.807) is 11.3 Å². The van der Waals surface area contributed by atoms with Gasteiger partial charge in [0.2, 0.25) is 0 Å². The number of hydrogen-bond acceptors (Lipinski definition) is 2. The molecule has 0 spiro atoms. The Kier molecular flexibility index (Phi) is 4.91. The van der Waals surface area contributed by atoms with Gasteiger partial charge in [-0.05, 0) is 85.6 Å². The zero-order chi connectivity index (χ0) is 12.4. The second kappa shape index (κ2) is 6.04. The van der Waals surface area contributed by atoms with Crippen molar-refractivity contribution in [2.45, 2.75) is 13.0 Å². The molecule has 2 rings (SSSR count). The lowest BCUT2D eigenvalue weighted by atomic mass is 10.2. The summed E-state index contributed by atoms with van der Waals surface area (Å²) in [5, 5.41) is 5.61. The third kappa shape index (κ3) is 3.68. The van der Waals surface area contributed by atoms with E-state index in [9.17, 15) is 0 Å². The van der Waals surface area contributed by atoms with Crippen molar-refractivity contribution in [3.8, 4) is 0 Å². The van der Waals surface area contributed by atoms with Gasteiger partial charge in [0.05, 0.1) is 6.04 Å². The van der Waals surface area contributed by atoms with Crippen molar-refractivity contribution in [1.29, 1.82) is 0 Å². The van der Waals surface area contributed by atoms with Crippen molar-refractivity contribution in [3.05, 3.63) is 47.0 Å². The minimum atomic E-state index is 0.322. The molecule has 1 N–H and O–H groups in total. The monoisotopic (exact) mass is 485 g/mol. The van der Waals surface area contributed by atoms with E-state index < -0.39 is 0 Å². The highest BCUT2D eigenvalue weighted by Crippen LogP contribution is 2.29. The smallest absolute Gasteiger partial charge is 0.0578 e. The van der Waals surface area contributed by atoms with Gasteiger partial charge in [-0.25, -0.2) is 0 Å². The summed E-state index contributed by atoms with van der Waals surface area (Å²) < 4.78 is 3.50. The molecule has 0 bridgehead atoms. The molecule has 0 amide bonds. The Labute approximate surface area is 135 Å². The summed E-state index contributed by atoms with van der Waals surface area (Å²) in [6.07, 6.45) is 0. The topological polar surface area (TPSA) is 12.0 Å². The average Bonchev–Trinajstić information content (AvgIpc) is 2.70.